The minimum atomic E-state index is -4.64. The van der Waals surface area contributed by atoms with Crippen molar-refractivity contribution in [1.82, 2.24) is 0 Å². The Balaban J connectivity index is -0.0000000652. The molecule has 1 aromatic rings. The van der Waals surface area contributed by atoms with Crippen LogP contribution in [0.2, 0.25) is 0 Å². The molecule has 1 aromatic carbocycles. The fourth-order valence-electron chi connectivity index (χ4n) is 0.654. The fraction of sp³-hybridized carbons (Fsp3) is 0. The fourth-order valence-corrected chi connectivity index (χ4v) is 0.654. The Labute approximate surface area is 144 Å². The molecule has 0 saturated carbocycles. The van der Waals surface area contributed by atoms with Crippen molar-refractivity contribution < 1.29 is 96.2 Å². The predicted octanol–water partition coefficient (Wildman–Crippen LogP) is -5.61. The molecule has 0 heterocycles. The zero-order chi connectivity index (χ0) is 12.1. The monoisotopic (exact) mass is 284 g/mol. The van der Waals surface area contributed by atoms with Crippen molar-refractivity contribution in [3.05, 3.63) is 29.8 Å². The van der Waals surface area contributed by atoms with Crippen LogP contribution in [0.4, 0.5) is 0 Å². The first-order valence-electron chi connectivity index (χ1n) is 3.51. The van der Waals surface area contributed by atoms with E-state index in [0.717, 1.165) is 0 Å². The quantitative estimate of drug-likeness (QED) is 0.256. The Morgan fingerprint density at radius 3 is 1.71 bits per heavy atom. The molecule has 0 saturated heterocycles. The van der Waals surface area contributed by atoms with Crippen LogP contribution in [0.1, 0.15) is 13.2 Å². The summed E-state index contributed by atoms with van der Waals surface area (Å²) in [7, 11) is -4.64. The van der Waals surface area contributed by atoms with E-state index in [1.807, 2.05) is 0 Å². The van der Waals surface area contributed by atoms with Crippen molar-refractivity contribution in [3.8, 4) is 5.75 Å². The molecule has 0 unspecified atom stereocenters. The third-order valence-electron chi connectivity index (χ3n) is 1.13. The molecule has 88 valence electrons. The Morgan fingerprint density at radius 2 is 1.47 bits per heavy atom. The summed E-state index contributed by atoms with van der Waals surface area (Å²) in [5, 5.41) is 17.3. The standard InChI is InChI=1S/C7H6O3.2Na.H3O4P.2H/c8-6-4-2-1-3-5(6)7(9)10;;;1-5(2,3)4;;/h1-4,8H,(H,9,10);;;(H3,1,2,3,4);;/q;2*+1;;2*-1. The third-order valence-corrected chi connectivity index (χ3v) is 1.13. The third kappa shape index (κ3) is 14.5. The SMILES string of the molecule is O=C(O)c1ccccc1O.O=P(O)(O)O.[H-].[H-].[Na+].[Na+]. The second-order valence-corrected chi connectivity index (χ2v) is 3.36. The number of benzene rings is 1. The second kappa shape index (κ2) is 10.5. The van der Waals surface area contributed by atoms with Crippen molar-refractivity contribution in [2.24, 2.45) is 0 Å². The number of aromatic hydroxyl groups is 1. The van der Waals surface area contributed by atoms with Gasteiger partial charge in [-0.1, -0.05) is 12.1 Å². The first-order chi connectivity index (χ1) is 6.72. The Morgan fingerprint density at radius 1 is 1.12 bits per heavy atom. The summed E-state index contributed by atoms with van der Waals surface area (Å²) >= 11 is 0. The number of phenols is 1. The van der Waals surface area contributed by atoms with Crippen LogP contribution in [0, 0.1) is 0 Å². The summed E-state index contributed by atoms with van der Waals surface area (Å²) in [4.78, 5) is 31.8. The van der Waals surface area contributed by atoms with Crippen molar-refractivity contribution in [2.45, 2.75) is 0 Å². The number of para-hydroxylation sites is 1. The molecule has 0 radical (unpaired) electrons. The van der Waals surface area contributed by atoms with Gasteiger partial charge < -0.3 is 27.7 Å². The van der Waals surface area contributed by atoms with E-state index in [0.29, 0.717) is 0 Å². The van der Waals surface area contributed by atoms with Gasteiger partial charge in [0.2, 0.25) is 0 Å². The van der Waals surface area contributed by atoms with Crippen molar-refractivity contribution >= 4 is 13.8 Å². The molecule has 0 fully saturated rings. The van der Waals surface area contributed by atoms with Crippen LogP contribution in [0.3, 0.4) is 0 Å². The van der Waals surface area contributed by atoms with Gasteiger partial charge in [-0.05, 0) is 12.1 Å². The number of hydrogen-bond donors (Lipinski definition) is 5. The number of carboxylic acid groups (broad SMARTS) is 1. The molecular weight excluding hydrogens is 273 g/mol. The van der Waals surface area contributed by atoms with E-state index in [9.17, 15) is 4.79 Å². The molecule has 0 atom stereocenters. The summed E-state index contributed by atoms with van der Waals surface area (Å²) < 4.78 is 8.88. The van der Waals surface area contributed by atoms with E-state index in [1.54, 1.807) is 12.1 Å². The van der Waals surface area contributed by atoms with E-state index < -0.39 is 13.8 Å². The summed E-state index contributed by atoms with van der Waals surface area (Å²) in [5.41, 5.74) is -0.0671. The molecule has 1 rings (SSSR count). The molecule has 0 amide bonds. The van der Waals surface area contributed by atoms with Gasteiger partial charge in [-0.15, -0.1) is 0 Å². The molecule has 7 nitrogen and oxygen atoms in total. The van der Waals surface area contributed by atoms with E-state index >= 15 is 0 Å². The zero-order valence-corrected chi connectivity index (χ0v) is 14.2. The number of hydrogen-bond acceptors (Lipinski definition) is 3. The minimum absolute atomic E-state index is 0. The summed E-state index contributed by atoms with van der Waals surface area (Å²) in [6.07, 6.45) is 0. The van der Waals surface area contributed by atoms with E-state index in [4.69, 9.17) is 29.5 Å². The molecule has 0 aliphatic heterocycles. The molecule has 0 spiro atoms. The van der Waals surface area contributed by atoms with E-state index in [1.165, 1.54) is 12.1 Å². The number of rotatable bonds is 1. The minimum Gasteiger partial charge on any atom is -1.00 e. The summed E-state index contributed by atoms with van der Waals surface area (Å²) in [5.74, 6) is -1.31. The topological polar surface area (TPSA) is 135 Å². The van der Waals surface area contributed by atoms with Crippen LogP contribution in [0.25, 0.3) is 0 Å². The normalized spacial score (nSPS) is 8.88. The average molecular weight is 284 g/mol. The van der Waals surface area contributed by atoms with Gasteiger partial charge in [0, 0.05) is 0 Å². The molecule has 0 aliphatic rings. The molecule has 17 heavy (non-hydrogen) atoms. The van der Waals surface area contributed by atoms with Gasteiger partial charge in [-0.2, -0.15) is 0 Å². The molecule has 0 bridgehead atoms. The van der Waals surface area contributed by atoms with Crippen LogP contribution in [0.5, 0.6) is 5.75 Å². The van der Waals surface area contributed by atoms with Gasteiger partial charge in [-0.25, -0.2) is 9.36 Å². The van der Waals surface area contributed by atoms with Crippen molar-refractivity contribution in [2.75, 3.05) is 0 Å². The van der Waals surface area contributed by atoms with Gasteiger partial charge in [0.25, 0.3) is 0 Å². The number of phosphoric acid groups is 1. The average Bonchev–Trinajstić information content (AvgIpc) is 2.01. The molecule has 0 aromatic heterocycles. The van der Waals surface area contributed by atoms with Gasteiger partial charge in [0.05, 0.1) is 0 Å². The van der Waals surface area contributed by atoms with Crippen LogP contribution in [0.15, 0.2) is 24.3 Å². The Hall–Kier alpha value is 0.600. The summed E-state index contributed by atoms with van der Waals surface area (Å²) in [6, 6.07) is 5.81. The van der Waals surface area contributed by atoms with Gasteiger partial charge in [-0.3, -0.25) is 0 Å². The molecular formula is C7H11Na2O7P. The number of carboxylic acids is 1. The van der Waals surface area contributed by atoms with E-state index in [2.05, 4.69) is 0 Å². The first kappa shape index (κ1) is 22.8. The van der Waals surface area contributed by atoms with Crippen molar-refractivity contribution in [3.63, 3.8) is 0 Å². The molecule has 0 aliphatic carbocycles. The predicted molar refractivity (Wildman–Crippen MR) is 51.6 cm³/mol. The maximum atomic E-state index is 10.3. The summed E-state index contributed by atoms with van der Waals surface area (Å²) in [6.45, 7) is 0. The van der Waals surface area contributed by atoms with E-state index in [-0.39, 0.29) is 73.3 Å². The van der Waals surface area contributed by atoms with Crippen LogP contribution >= 0.6 is 7.82 Å². The van der Waals surface area contributed by atoms with Crippen LogP contribution in [-0.4, -0.2) is 30.9 Å². The molecule has 10 heteroatoms. The zero-order valence-electron chi connectivity index (χ0n) is 11.3. The van der Waals surface area contributed by atoms with Crippen LogP contribution < -0.4 is 59.1 Å². The first-order valence-corrected chi connectivity index (χ1v) is 5.08. The Bertz CT molecular complexity index is 393. The molecule has 5 N–H and O–H groups in total. The largest absolute Gasteiger partial charge is 1.00 e. The van der Waals surface area contributed by atoms with Gasteiger partial charge >= 0.3 is 72.9 Å². The smallest absolute Gasteiger partial charge is 1.00 e. The van der Waals surface area contributed by atoms with Crippen molar-refractivity contribution in [1.29, 1.82) is 0 Å². The van der Waals surface area contributed by atoms with Gasteiger partial charge in [0.15, 0.2) is 0 Å². The number of aromatic carboxylic acids is 1. The maximum Gasteiger partial charge on any atom is 1.00 e. The number of carbonyl (C=O) groups is 1. The van der Waals surface area contributed by atoms with Crippen LogP contribution in [-0.2, 0) is 4.57 Å². The second-order valence-electron chi connectivity index (χ2n) is 2.34. The Kier molecular flexibility index (Phi) is 14.1. The maximum absolute atomic E-state index is 10.3. The van der Waals surface area contributed by atoms with Gasteiger partial charge in [0.1, 0.15) is 11.3 Å².